The van der Waals surface area contributed by atoms with Crippen molar-refractivity contribution in [3.8, 4) is 5.75 Å². The summed E-state index contributed by atoms with van der Waals surface area (Å²) in [6.07, 6.45) is -0.437. The molecule has 0 radical (unpaired) electrons. The Morgan fingerprint density at radius 3 is 2.30 bits per heavy atom. The van der Waals surface area contributed by atoms with Gasteiger partial charge in [-0.05, 0) is 38.5 Å². The smallest absolute Gasteiger partial charge is 0.410 e. The van der Waals surface area contributed by atoms with E-state index in [1.807, 2.05) is 0 Å². The standard InChI is InChI=1S/C17H23NO5/c1-17(2,3)23-16(21)18-9-13(14(10-18)15(20)22-4)11-5-7-12(19)8-6-11/h5-8,13-14,19H,9-10H2,1-4H3/t13-,14?/m1/s1. The number of hydrogen-bond donors (Lipinski definition) is 1. The van der Waals surface area contributed by atoms with Gasteiger partial charge in [-0.25, -0.2) is 4.79 Å². The van der Waals surface area contributed by atoms with E-state index in [0.29, 0.717) is 6.54 Å². The molecule has 6 heteroatoms. The molecular weight excluding hydrogens is 298 g/mol. The van der Waals surface area contributed by atoms with Crippen molar-refractivity contribution in [2.75, 3.05) is 20.2 Å². The van der Waals surface area contributed by atoms with Crippen molar-refractivity contribution in [3.63, 3.8) is 0 Å². The van der Waals surface area contributed by atoms with Crippen LogP contribution in [0.1, 0.15) is 32.3 Å². The number of carbonyl (C=O) groups is 2. The number of benzene rings is 1. The van der Waals surface area contributed by atoms with E-state index in [-0.39, 0.29) is 24.2 Å². The summed E-state index contributed by atoms with van der Waals surface area (Å²) < 4.78 is 10.3. The zero-order valence-electron chi connectivity index (χ0n) is 13.9. The van der Waals surface area contributed by atoms with Crippen LogP contribution >= 0.6 is 0 Å². The Balaban J connectivity index is 2.20. The molecule has 2 rings (SSSR count). The van der Waals surface area contributed by atoms with Crippen LogP contribution in [-0.2, 0) is 14.3 Å². The third-order valence-corrected chi connectivity index (χ3v) is 3.80. The van der Waals surface area contributed by atoms with Gasteiger partial charge in [0.2, 0.25) is 0 Å². The van der Waals surface area contributed by atoms with Gasteiger partial charge < -0.3 is 19.5 Å². The summed E-state index contributed by atoms with van der Waals surface area (Å²) in [7, 11) is 1.34. The van der Waals surface area contributed by atoms with Crippen LogP contribution in [0.2, 0.25) is 0 Å². The summed E-state index contributed by atoms with van der Waals surface area (Å²) in [5.41, 5.74) is 0.290. The lowest BCUT2D eigenvalue weighted by molar-refractivity contribution is -0.145. The topological polar surface area (TPSA) is 76.1 Å². The molecule has 1 saturated heterocycles. The molecule has 1 aliphatic heterocycles. The third-order valence-electron chi connectivity index (χ3n) is 3.80. The van der Waals surface area contributed by atoms with Gasteiger partial charge in [-0.2, -0.15) is 0 Å². The molecule has 6 nitrogen and oxygen atoms in total. The van der Waals surface area contributed by atoms with Crippen LogP contribution in [0.4, 0.5) is 4.79 Å². The lowest BCUT2D eigenvalue weighted by Gasteiger charge is -2.24. The Hall–Kier alpha value is -2.24. The zero-order chi connectivity index (χ0) is 17.2. The molecule has 126 valence electrons. The molecule has 1 aromatic rings. The van der Waals surface area contributed by atoms with E-state index in [1.165, 1.54) is 12.0 Å². The molecule has 1 N–H and O–H groups in total. The van der Waals surface area contributed by atoms with E-state index < -0.39 is 17.6 Å². The van der Waals surface area contributed by atoms with Gasteiger partial charge in [0.15, 0.2) is 0 Å². The molecule has 1 unspecified atom stereocenters. The van der Waals surface area contributed by atoms with Gasteiger partial charge in [-0.1, -0.05) is 12.1 Å². The maximum atomic E-state index is 12.3. The van der Waals surface area contributed by atoms with Crippen molar-refractivity contribution >= 4 is 12.1 Å². The minimum atomic E-state index is -0.589. The average Bonchev–Trinajstić information content (AvgIpc) is 2.91. The average molecular weight is 321 g/mol. The highest BCUT2D eigenvalue weighted by atomic mass is 16.6. The molecule has 1 aromatic carbocycles. The number of methoxy groups -OCH3 is 1. The minimum absolute atomic E-state index is 0.158. The molecule has 1 amide bonds. The molecule has 0 aliphatic carbocycles. The number of hydrogen-bond acceptors (Lipinski definition) is 5. The number of ether oxygens (including phenoxy) is 2. The van der Waals surface area contributed by atoms with E-state index in [0.717, 1.165) is 5.56 Å². The number of amides is 1. The molecule has 0 saturated carbocycles. The minimum Gasteiger partial charge on any atom is -0.508 e. The van der Waals surface area contributed by atoms with E-state index >= 15 is 0 Å². The summed E-state index contributed by atoms with van der Waals surface area (Å²) >= 11 is 0. The van der Waals surface area contributed by atoms with Crippen LogP contribution < -0.4 is 0 Å². The van der Waals surface area contributed by atoms with E-state index in [2.05, 4.69) is 0 Å². The summed E-state index contributed by atoms with van der Waals surface area (Å²) in [4.78, 5) is 25.9. The van der Waals surface area contributed by atoms with Gasteiger partial charge >= 0.3 is 12.1 Å². The Kier molecular flexibility index (Phi) is 4.82. The van der Waals surface area contributed by atoms with Crippen molar-refractivity contribution in [1.82, 2.24) is 4.90 Å². The number of nitrogens with zero attached hydrogens (tertiary/aromatic N) is 1. The first-order chi connectivity index (χ1) is 10.7. The highest BCUT2D eigenvalue weighted by Crippen LogP contribution is 2.34. The number of phenols is 1. The number of likely N-dealkylation sites (tertiary alicyclic amines) is 1. The maximum Gasteiger partial charge on any atom is 0.410 e. The summed E-state index contributed by atoms with van der Waals surface area (Å²) in [6.45, 7) is 6.04. The van der Waals surface area contributed by atoms with Gasteiger partial charge in [0, 0.05) is 19.0 Å². The van der Waals surface area contributed by atoms with Gasteiger partial charge in [-0.15, -0.1) is 0 Å². The van der Waals surface area contributed by atoms with Crippen molar-refractivity contribution in [1.29, 1.82) is 0 Å². The number of phenolic OH excluding ortho intramolecular Hbond substituents is 1. The monoisotopic (exact) mass is 321 g/mol. The number of carbonyl (C=O) groups excluding carboxylic acids is 2. The van der Waals surface area contributed by atoms with Crippen molar-refractivity contribution in [3.05, 3.63) is 29.8 Å². The molecule has 2 atom stereocenters. The fraction of sp³-hybridized carbons (Fsp3) is 0.529. The predicted molar refractivity (Wildman–Crippen MR) is 84.2 cm³/mol. The quantitative estimate of drug-likeness (QED) is 0.847. The van der Waals surface area contributed by atoms with Crippen LogP contribution in [0.15, 0.2) is 24.3 Å². The molecule has 1 aliphatic rings. The molecule has 0 aromatic heterocycles. The van der Waals surface area contributed by atoms with Crippen LogP contribution in [0.3, 0.4) is 0 Å². The van der Waals surface area contributed by atoms with Crippen LogP contribution in [0.5, 0.6) is 5.75 Å². The SMILES string of the molecule is COC(=O)C1CN(C(=O)OC(C)(C)C)C[C@@H]1c1ccc(O)cc1. The predicted octanol–water partition coefficient (Wildman–Crippen LogP) is 2.52. The second kappa shape index (κ2) is 6.48. The second-order valence-corrected chi connectivity index (χ2v) is 6.71. The molecule has 1 heterocycles. The number of esters is 1. The molecule has 0 spiro atoms. The van der Waals surface area contributed by atoms with Gasteiger partial charge in [-0.3, -0.25) is 4.79 Å². The largest absolute Gasteiger partial charge is 0.508 e. The Morgan fingerprint density at radius 2 is 1.78 bits per heavy atom. The lowest BCUT2D eigenvalue weighted by atomic mass is 9.89. The lowest BCUT2D eigenvalue weighted by Crippen LogP contribution is -2.36. The Morgan fingerprint density at radius 1 is 1.17 bits per heavy atom. The first kappa shape index (κ1) is 17.1. The number of rotatable bonds is 2. The zero-order valence-corrected chi connectivity index (χ0v) is 13.9. The highest BCUT2D eigenvalue weighted by molar-refractivity contribution is 5.77. The van der Waals surface area contributed by atoms with E-state index in [1.54, 1.807) is 45.0 Å². The first-order valence-electron chi connectivity index (χ1n) is 7.56. The highest BCUT2D eigenvalue weighted by Gasteiger charge is 2.42. The van der Waals surface area contributed by atoms with Crippen LogP contribution in [0, 0.1) is 5.92 Å². The summed E-state index contributed by atoms with van der Waals surface area (Å²) in [5, 5.41) is 9.41. The Labute approximate surface area is 136 Å². The summed E-state index contributed by atoms with van der Waals surface area (Å²) in [6, 6.07) is 6.66. The van der Waals surface area contributed by atoms with Crippen molar-refractivity contribution in [2.45, 2.75) is 32.3 Å². The van der Waals surface area contributed by atoms with Crippen molar-refractivity contribution < 1.29 is 24.2 Å². The fourth-order valence-electron chi connectivity index (χ4n) is 2.73. The first-order valence-corrected chi connectivity index (χ1v) is 7.56. The third kappa shape index (κ3) is 4.15. The van der Waals surface area contributed by atoms with E-state index in [4.69, 9.17) is 9.47 Å². The molecule has 0 bridgehead atoms. The van der Waals surface area contributed by atoms with Gasteiger partial charge in [0.1, 0.15) is 11.4 Å². The molecule has 1 fully saturated rings. The summed E-state index contributed by atoms with van der Waals surface area (Å²) in [5.74, 6) is -0.827. The van der Waals surface area contributed by atoms with E-state index in [9.17, 15) is 14.7 Å². The fourth-order valence-corrected chi connectivity index (χ4v) is 2.73. The molecular formula is C17H23NO5. The Bertz CT molecular complexity index is 576. The van der Waals surface area contributed by atoms with Gasteiger partial charge in [0.05, 0.1) is 13.0 Å². The van der Waals surface area contributed by atoms with Crippen molar-refractivity contribution in [2.24, 2.45) is 5.92 Å². The number of aromatic hydroxyl groups is 1. The maximum absolute atomic E-state index is 12.3. The normalized spacial score (nSPS) is 21.1. The van der Waals surface area contributed by atoms with Crippen LogP contribution in [-0.4, -0.2) is 47.9 Å². The molecule has 23 heavy (non-hydrogen) atoms. The second-order valence-electron chi connectivity index (χ2n) is 6.71. The van der Waals surface area contributed by atoms with Gasteiger partial charge in [0.25, 0.3) is 0 Å². The van der Waals surface area contributed by atoms with Crippen LogP contribution in [0.25, 0.3) is 0 Å².